The van der Waals surface area contributed by atoms with Crippen LogP contribution in [0.2, 0.25) is 0 Å². The fourth-order valence-electron chi connectivity index (χ4n) is 3.75. The van der Waals surface area contributed by atoms with Gasteiger partial charge in [-0.3, -0.25) is 0 Å². The first-order valence-electron chi connectivity index (χ1n) is 11.3. The van der Waals surface area contributed by atoms with E-state index >= 15 is 0 Å². The van der Waals surface area contributed by atoms with Gasteiger partial charge in [0.25, 0.3) is 0 Å². The van der Waals surface area contributed by atoms with Crippen molar-refractivity contribution in [1.29, 1.82) is 0 Å². The van der Waals surface area contributed by atoms with Gasteiger partial charge in [-0.2, -0.15) is 9.50 Å². The van der Waals surface area contributed by atoms with Crippen LogP contribution in [0.3, 0.4) is 0 Å². The van der Waals surface area contributed by atoms with Gasteiger partial charge in [0.05, 0.1) is 29.7 Å². The Morgan fingerprint density at radius 3 is 2.62 bits per heavy atom. The van der Waals surface area contributed by atoms with Crippen molar-refractivity contribution >= 4 is 16.7 Å². The number of nitrogens with zero attached hydrogens (tertiary/aromatic N) is 6. The zero-order chi connectivity index (χ0) is 24.8. The standard InChI is InChI=1S/C24H32N6O3S/c1-14(2)30-23(25-16(4)27-30)19-13-29-9-10-33-21-12-20(32-8)17(11-18(21)22(29)26-19)15(3)28-34(31)24(5,6)7/h11-14H,9-10H2,1-8H3/t34-/m1/s1. The van der Waals surface area contributed by atoms with Crippen molar-refractivity contribution in [3.63, 3.8) is 0 Å². The second-order valence-electron chi connectivity index (χ2n) is 9.60. The highest BCUT2D eigenvalue weighted by molar-refractivity contribution is 7.85. The lowest BCUT2D eigenvalue weighted by Crippen LogP contribution is -2.20. The lowest BCUT2D eigenvalue weighted by atomic mass is 10.0. The summed E-state index contributed by atoms with van der Waals surface area (Å²) < 4.78 is 32.3. The molecule has 0 fully saturated rings. The number of benzene rings is 1. The second-order valence-corrected chi connectivity index (χ2v) is 11.5. The number of ether oxygens (including phenoxy) is 2. The summed E-state index contributed by atoms with van der Waals surface area (Å²) >= 11 is 0. The van der Waals surface area contributed by atoms with Crippen LogP contribution in [0, 0.1) is 6.92 Å². The third kappa shape index (κ3) is 4.51. The molecule has 1 atom stereocenters. The third-order valence-corrected chi connectivity index (χ3v) is 6.99. The summed E-state index contributed by atoms with van der Waals surface area (Å²) in [6.07, 6.45) is 2.00. The quantitative estimate of drug-likeness (QED) is 0.499. The first-order chi connectivity index (χ1) is 16.0. The molecule has 0 spiro atoms. The molecule has 1 aliphatic rings. The van der Waals surface area contributed by atoms with Crippen molar-refractivity contribution in [3.05, 3.63) is 29.7 Å². The monoisotopic (exact) mass is 484 g/mol. The van der Waals surface area contributed by atoms with Gasteiger partial charge in [-0.15, -0.1) is 0 Å². The van der Waals surface area contributed by atoms with Crippen LogP contribution in [0.4, 0.5) is 0 Å². The van der Waals surface area contributed by atoms with Gasteiger partial charge in [-0.25, -0.2) is 18.9 Å². The summed E-state index contributed by atoms with van der Waals surface area (Å²) in [4.78, 5) is 9.58. The largest absolute Gasteiger partial charge is 0.496 e. The molecule has 0 amide bonds. The van der Waals surface area contributed by atoms with Gasteiger partial charge in [-0.05, 0) is 54.5 Å². The van der Waals surface area contributed by atoms with E-state index in [1.807, 2.05) is 57.6 Å². The molecule has 3 heterocycles. The molecule has 10 heteroatoms. The molecule has 2 aromatic heterocycles. The van der Waals surface area contributed by atoms with E-state index in [0.29, 0.717) is 36.2 Å². The van der Waals surface area contributed by atoms with Crippen molar-refractivity contribution in [2.75, 3.05) is 13.7 Å². The van der Waals surface area contributed by atoms with E-state index in [4.69, 9.17) is 14.5 Å². The summed E-state index contributed by atoms with van der Waals surface area (Å²) in [7, 11) is 0.215. The van der Waals surface area contributed by atoms with E-state index in [9.17, 15) is 4.21 Å². The van der Waals surface area contributed by atoms with Crippen LogP contribution in [0.5, 0.6) is 11.5 Å². The number of rotatable bonds is 5. The SMILES string of the molecule is COc1cc2c(cc1C(C)=N[S@](=O)C(C)(C)C)-c1nc(-c3nc(C)nn3C(C)C)cn1CCO2. The Bertz CT molecular complexity index is 1280. The zero-order valence-corrected chi connectivity index (χ0v) is 21.9. The molecule has 0 aliphatic carbocycles. The minimum Gasteiger partial charge on any atom is -0.496 e. The summed E-state index contributed by atoms with van der Waals surface area (Å²) in [5, 5.41) is 4.53. The van der Waals surface area contributed by atoms with Gasteiger partial charge in [0, 0.05) is 23.9 Å². The molecule has 0 radical (unpaired) electrons. The Kier molecular flexibility index (Phi) is 6.37. The molecule has 34 heavy (non-hydrogen) atoms. The number of aromatic nitrogens is 5. The topological polar surface area (TPSA) is 96.4 Å². The van der Waals surface area contributed by atoms with Crippen LogP contribution in [0.1, 0.15) is 59.0 Å². The maximum absolute atomic E-state index is 12.7. The van der Waals surface area contributed by atoms with Gasteiger partial charge >= 0.3 is 0 Å². The average Bonchev–Trinajstić information content (AvgIpc) is 3.32. The Balaban J connectivity index is 1.86. The minimum atomic E-state index is -1.39. The predicted molar refractivity (Wildman–Crippen MR) is 134 cm³/mol. The van der Waals surface area contributed by atoms with Crippen LogP contribution in [-0.2, 0) is 17.5 Å². The highest BCUT2D eigenvalue weighted by Gasteiger charge is 2.25. The molecular formula is C24H32N6O3S. The summed E-state index contributed by atoms with van der Waals surface area (Å²) in [6, 6.07) is 3.97. The lowest BCUT2D eigenvalue weighted by molar-refractivity contribution is 0.304. The first kappa shape index (κ1) is 24.1. The molecule has 1 aliphatic heterocycles. The van der Waals surface area contributed by atoms with Crippen LogP contribution in [0.15, 0.2) is 22.7 Å². The molecule has 0 saturated carbocycles. The minimum absolute atomic E-state index is 0.159. The molecule has 1 aromatic carbocycles. The van der Waals surface area contributed by atoms with Crippen LogP contribution in [0.25, 0.3) is 22.9 Å². The number of hydrogen-bond acceptors (Lipinski definition) is 6. The number of methoxy groups -OCH3 is 1. The van der Waals surface area contributed by atoms with E-state index in [0.717, 1.165) is 28.5 Å². The Hall–Kier alpha value is -3.01. The van der Waals surface area contributed by atoms with Crippen molar-refractivity contribution in [2.45, 2.75) is 65.8 Å². The first-order valence-corrected chi connectivity index (χ1v) is 12.4. The summed E-state index contributed by atoms with van der Waals surface area (Å²) in [5.41, 5.74) is 2.96. The van der Waals surface area contributed by atoms with Crippen molar-refractivity contribution in [2.24, 2.45) is 4.40 Å². The van der Waals surface area contributed by atoms with Crippen LogP contribution < -0.4 is 9.47 Å². The summed E-state index contributed by atoms with van der Waals surface area (Å²) in [5.74, 6) is 3.51. The molecule has 3 aromatic rings. The smallest absolute Gasteiger partial charge is 0.178 e. The van der Waals surface area contributed by atoms with Gasteiger partial charge in [0.2, 0.25) is 0 Å². The second kappa shape index (κ2) is 8.98. The van der Waals surface area contributed by atoms with E-state index < -0.39 is 15.7 Å². The predicted octanol–water partition coefficient (Wildman–Crippen LogP) is 4.37. The molecule has 4 rings (SSSR count). The van der Waals surface area contributed by atoms with Gasteiger partial charge < -0.3 is 14.0 Å². The van der Waals surface area contributed by atoms with E-state index in [1.54, 1.807) is 7.11 Å². The van der Waals surface area contributed by atoms with E-state index in [1.165, 1.54) is 0 Å². The maximum Gasteiger partial charge on any atom is 0.178 e. The number of imidazole rings is 1. The lowest BCUT2D eigenvalue weighted by Gasteiger charge is -2.16. The van der Waals surface area contributed by atoms with Gasteiger partial charge in [-0.1, -0.05) is 0 Å². The number of fused-ring (bicyclic) bond motifs is 3. The third-order valence-electron chi connectivity index (χ3n) is 5.50. The van der Waals surface area contributed by atoms with Gasteiger partial charge in [0.15, 0.2) is 5.82 Å². The molecule has 9 nitrogen and oxygen atoms in total. The molecule has 0 bridgehead atoms. The fraction of sp³-hybridized carbons (Fsp3) is 0.500. The zero-order valence-electron chi connectivity index (χ0n) is 21.0. The van der Waals surface area contributed by atoms with E-state index in [2.05, 4.69) is 32.9 Å². The molecule has 0 saturated heterocycles. The molecule has 0 N–H and O–H groups in total. The van der Waals surface area contributed by atoms with Crippen molar-refractivity contribution in [3.8, 4) is 34.4 Å². The van der Waals surface area contributed by atoms with Crippen LogP contribution >= 0.6 is 0 Å². The number of aryl methyl sites for hydroxylation is 1. The van der Waals surface area contributed by atoms with Crippen molar-refractivity contribution in [1.82, 2.24) is 24.3 Å². The maximum atomic E-state index is 12.7. The van der Waals surface area contributed by atoms with Crippen molar-refractivity contribution < 1.29 is 13.7 Å². The molecule has 182 valence electrons. The number of hydrogen-bond donors (Lipinski definition) is 0. The fourth-order valence-corrected chi connectivity index (χ4v) is 4.37. The highest BCUT2D eigenvalue weighted by Crippen LogP contribution is 2.39. The normalized spacial score (nSPS) is 14.9. The average molecular weight is 485 g/mol. The van der Waals surface area contributed by atoms with Crippen LogP contribution in [-0.4, -0.2) is 52.7 Å². The molecular weight excluding hydrogens is 452 g/mol. The summed E-state index contributed by atoms with van der Waals surface area (Å²) in [6.45, 7) is 14.7. The van der Waals surface area contributed by atoms with Gasteiger partial charge in [0.1, 0.15) is 46.4 Å². The molecule has 0 unspecified atom stereocenters. The Morgan fingerprint density at radius 2 is 1.97 bits per heavy atom. The Labute approximate surface area is 202 Å². The van der Waals surface area contributed by atoms with E-state index in [-0.39, 0.29) is 6.04 Å². The highest BCUT2D eigenvalue weighted by atomic mass is 32.2. The Morgan fingerprint density at radius 1 is 1.24 bits per heavy atom.